The Hall–Kier alpha value is -2.80. The highest BCUT2D eigenvalue weighted by Crippen LogP contribution is 2.38. The van der Waals surface area contributed by atoms with E-state index < -0.39 is 9.84 Å². The zero-order chi connectivity index (χ0) is 16.9. The molecule has 0 atom stereocenters. The van der Waals surface area contributed by atoms with Gasteiger partial charge < -0.3 is 14.5 Å². The Labute approximate surface area is 137 Å². The monoisotopic (exact) mass is 342 g/mol. The van der Waals surface area contributed by atoms with Crippen LogP contribution in [0.4, 0.5) is 0 Å². The zero-order valence-corrected chi connectivity index (χ0v) is 13.6. The molecule has 0 saturated carbocycles. The number of fused-ring (bicyclic) bond motifs is 2. The maximum Gasteiger partial charge on any atom is 0.233 e. The third-order valence-electron chi connectivity index (χ3n) is 4.00. The van der Waals surface area contributed by atoms with Crippen molar-refractivity contribution < 1.29 is 17.9 Å². The molecule has 2 N–H and O–H groups in total. The molecule has 2 heterocycles. The van der Waals surface area contributed by atoms with Gasteiger partial charge in [0.25, 0.3) is 0 Å². The number of nitrogens with one attached hydrogen (secondary N) is 1. The second-order valence-corrected chi connectivity index (χ2v) is 7.72. The molecule has 0 aliphatic heterocycles. The molecular formula is C17H14N2O4S. The number of oxazole rings is 1. The van der Waals surface area contributed by atoms with Crippen molar-refractivity contribution in [2.45, 2.75) is 11.8 Å². The van der Waals surface area contributed by atoms with Crippen LogP contribution in [-0.4, -0.2) is 29.2 Å². The van der Waals surface area contributed by atoms with E-state index in [2.05, 4.69) is 9.97 Å². The molecule has 2 aromatic heterocycles. The topological polar surface area (TPSA) is 96.2 Å². The highest BCUT2D eigenvalue weighted by Gasteiger charge is 2.21. The number of aromatic amines is 1. The fraction of sp³-hybridized carbons (Fsp3) is 0.118. The smallest absolute Gasteiger partial charge is 0.233 e. The van der Waals surface area contributed by atoms with Crippen LogP contribution in [0.5, 0.6) is 5.88 Å². The molecule has 24 heavy (non-hydrogen) atoms. The van der Waals surface area contributed by atoms with E-state index in [0.717, 1.165) is 0 Å². The summed E-state index contributed by atoms with van der Waals surface area (Å²) in [6.07, 6.45) is 0. The van der Waals surface area contributed by atoms with Crippen LogP contribution in [0, 0.1) is 0 Å². The largest absolute Gasteiger partial charge is 0.494 e. The predicted molar refractivity (Wildman–Crippen MR) is 90.7 cm³/mol. The summed E-state index contributed by atoms with van der Waals surface area (Å²) in [7, 11) is -3.35. The van der Waals surface area contributed by atoms with E-state index in [0.29, 0.717) is 27.6 Å². The molecule has 0 fully saturated rings. The average molecular weight is 342 g/mol. The number of hydrogen-bond acceptors (Lipinski definition) is 5. The van der Waals surface area contributed by atoms with Crippen molar-refractivity contribution in [1.29, 1.82) is 0 Å². The molecule has 0 unspecified atom stereocenters. The summed E-state index contributed by atoms with van der Waals surface area (Å²) in [5, 5.41) is 10.8. The van der Waals surface area contributed by atoms with Crippen LogP contribution in [0.2, 0.25) is 0 Å². The van der Waals surface area contributed by atoms with Crippen LogP contribution in [-0.2, 0) is 9.84 Å². The molecule has 0 amide bonds. The van der Waals surface area contributed by atoms with Crippen molar-refractivity contribution >= 4 is 31.8 Å². The van der Waals surface area contributed by atoms with Crippen LogP contribution in [0.1, 0.15) is 6.92 Å². The highest BCUT2D eigenvalue weighted by molar-refractivity contribution is 7.91. The quantitative estimate of drug-likeness (QED) is 0.594. The van der Waals surface area contributed by atoms with E-state index in [-0.39, 0.29) is 22.4 Å². The van der Waals surface area contributed by atoms with Gasteiger partial charge in [-0.25, -0.2) is 13.4 Å². The van der Waals surface area contributed by atoms with E-state index in [1.165, 1.54) is 12.1 Å². The Bertz CT molecular complexity index is 1140. The molecular weight excluding hydrogens is 328 g/mol. The number of rotatable bonds is 3. The van der Waals surface area contributed by atoms with Gasteiger partial charge in [-0.2, -0.15) is 0 Å². The van der Waals surface area contributed by atoms with E-state index in [4.69, 9.17) is 4.42 Å². The van der Waals surface area contributed by atoms with Gasteiger partial charge in [0.05, 0.1) is 10.6 Å². The number of H-pyrrole nitrogens is 1. The molecule has 4 rings (SSSR count). The molecule has 0 aliphatic carbocycles. The van der Waals surface area contributed by atoms with Crippen molar-refractivity contribution in [3.05, 3.63) is 42.5 Å². The number of sulfone groups is 1. The third kappa shape index (κ3) is 2.16. The van der Waals surface area contributed by atoms with Gasteiger partial charge in [-0.05, 0) is 30.3 Å². The summed E-state index contributed by atoms with van der Waals surface area (Å²) >= 11 is 0. The molecule has 4 aromatic rings. The van der Waals surface area contributed by atoms with Crippen LogP contribution >= 0.6 is 0 Å². The van der Waals surface area contributed by atoms with Gasteiger partial charge in [0.2, 0.25) is 11.8 Å². The van der Waals surface area contributed by atoms with Gasteiger partial charge in [0.1, 0.15) is 11.1 Å². The summed E-state index contributed by atoms with van der Waals surface area (Å²) in [6.45, 7) is 1.59. The molecule has 7 heteroatoms. The van der Waals surface area contributed by atoms with Gasteiger partial charge in [0, 0.05) is 10.9 Å². The highest BCUT2D eigenvalue weighted by atomic mass is 32.2. The van der Waals surface area contributed by atoms with E-state index >= 15 is 0 Å². The summed E-state index contributed by atoms with van der Waals surface area (Å²) in [4.78, 5) is 7.41. The van der Waals surface area contributed by atoms with Gasteiger partial charge in [0.15, 0.2) is 15.4 Å². The minimum Gasteiger partial charge on any atom is -0.494 e. The van der Waals surface area contributed by atoms with Crippen LogP contribution in [0.25, 0.3) is 33.5 Å². The van der Waals surface area contributed by atoms with E-state index in [9.17, 15) is 13.5 Å². The fourth-order valence-corrected chi connectivity index (χ4v) is 3.62. The van der Waals surface area contributed by atoms with Gasteiger partial charge in [-0.1, -0.05) is 19.1 Å². The minimum absolute atomic E-state index is 0.00708. The van der Waals surface area contributed by atoms with Gasteiger partial charge >= 0.3 is 0 Å². The van der Waals surface area contributed by atoms with E-state index in [1.54, 1.807) is 25.1 Å². The molecule has 0 spiro atoms. The van der Waals surface area contributed by atoms with Crippen molar-refractivity contribution in [3.63, 3.8) is 0 Å². The molecule has 0 bridgehead atoms. The van der Waals surface area contributed by atoms with Gasteiger partial charge in [-0.3, -0.25) is 0 Å². The first-order valence-corrected chi connectivity index (χ1v) is 9.08. The van der Waals surface area contributed by atoms with Crippen LogP contribution < -0.4 is 0 Å². The van der Waals surface area contributed by atoms with Crippen molar-refractivity contribution in [3.8, 4) is 17.3 Å². The Kier molecular flexibility index (Phi) is 3.14. The van der Waals surface area contributed by atoms with Crippen LogP contribution in [0.3, 0.4) is 0 Å². The molecule has 6 nitrogen and oxygen atoms in total. The molecule has 2 aromatic carbocycles. The number of hydrogen-bond donors (Lipinski definition) is 2. The van der Waals surface area contributed by atoms with Crippen molar-refractivity contribution in [2.24, 2.45) is 0 Å². The minimum atomic E-state index is -3.35. The first-order valence-electron chi connectivity index (χ1n) is 7.43. The number of para-hydroxylation sites is 2. The van der Waals surface area contributed by atoms with Crippen molar-refractivity contribution in [1.82, 2.24) is 9.97 Å². The maximum absolute atomic E-state index is 12.1. The van der Waals surface area contributed by atoms with E-state index in [1.807, 2.05) is 12.1 Å². The standard InChI is InChI=1S/C17H14N2O4S/c1-2-24(21,22)10-7-8-12-11(9-10)15(16(20)18-12)17-19-13-5-3-4-6-14(13)23-17/h3-9,18,20H,2H2,1H3. The molecule has 0 radical (unpaired) electrons. The summed E-state index contributed by atoms with van der Waals surface area (Å²) in [5.41, 5.74) is 2.23. The Morgan fingerprint density at radius 3 is 2.75 bits per heavy atom. The first kappa shape index (κ1) is 14.8. The fourth-order valence-electron chi connectivity index (χ4n) is 2.71. The third-order valence-corrected chi connectivity index (χ3v) is 5.73. The molecule has 0 saturated heterocycles. The number of aromatic hydroxyl groups is 1. The second-order valence-electron chi connectivity index (χ2n) is 5.45. The summed E-state index contributed by atoms with van der Waals surface area (Å²) in [6, 6.07) is 11.9. The number of aromatic nitrogens is 2. The maximum atomic E-state index is 12.1. The lowest BCUT2D eigenvalue weighted by molar-refractivity contribution is 0.457. The summed E-state index contributed by atoms with van der Waals surface area (Å²) < 4.78 is 30.0. The number of nitrogens with zero attached hydrogens (tertiary/aromatic N) is 1. The number of benzene rings is 2. The SMILES string of the molecule is CCS(=O)(=O)c1ccc2[nH]c(O)c(-c3nc4ccccc4o3)c2c1. The Morgan fingerprint density at radius 2 is 2.00 bits per heavy atom. The Balaban J connectivity index is 2.00. The lowest BCUT2D eigenvalue weighted by atomic mass is 10.1. The lowest BCUT2D eigenvalue weighted by Gasteiger charge is -2.01. The zero-order valence-electron chi connectivity index (χ0n) is 12.8. The van der Waals surface area contributed by atoms with Crippen LogP contribution in [0.15, 0.2) is 51.8 Å². The predicted octanol–water partition coefficient (Wildman–Crippen LogP) is 3.48. The molecule has 0 aliphatic rings. The Morgan fingerprint density at radius 1 is 1.21 bits per heavy atom. The lowest BCUT2D eigenvalue weighted by Crippen LogP contribution is -2.03. The summed E-state index contributed by atoms with van der Waals surface area (Å²) in [5.74, 6) is 0.140. The first-order chi connectivity index (χ1) is 11.5. The molecule has 122 valence electrons. The van der Waals surface area contributed by atoms with Gasteiger partial charge in [-0.15, -0.1) is 0 Å². The normalized spacial score (nSPS) is 12.2. The average Bonchev–Trinajstić information content (AvgIpc) is 3.13. The second kappa shape index (κ2) is 5.10. The van der Waals surface area contributed by atoms with Crippen molar-refractivity contribution in [2.75, 3.05) is 5.75 Å².